The van der Waals surface area contributed by atoms with Crippen LogP contribution < -0.4 is 5.32 Å². The van der Waals surface area contributed by atoms with E-state index in [9.17, 15) is 5.11 Å². The topological polar surface area (TPSA) is 88.8 Å². The van der Waals surface area contributed by atoms with E-state index >= 15 is 0 Å². The van der Waals surface area contributed by atoms with Gasteiger partial charge in [-0.2, -0.15) is 9.97 Å². The lowest BCUT2D eigenvalue weighted by Gasteiger charge is -2.17. The second-order valence-corrected chi connectivity index (χ2v) is 4.85. The van der Waals surface area contributed by atoms with Gasteiger partial charge in [-0.3, -0.25) is 0 Å². The van der Waals surface area contributed by atoms with Crippen LogP contribution in [-0.2, 0) is 7.05 Å². The number of aryl methyl sites for hydroxylation is 1. The molecule has 7 nitrogen and oxygen atoms in total. The molecule has 0 aliphatic carbocycles. The van der Waals surface area contributed by atoms with Gasteiger partial charge in [0.05, 0.1) is 12.6 Å². The molecule has 3 aromatic rings. The molecule has 0 saturated carbocycles. The standard InChI is InChI=1S/C13H13ClN6O/c1-20-12-10(18-19-20)11(16-13(14)17-12)15-9(7-21)8-5-3-2-4-6-8/h2-6,9,21H,7H2,1H3,(H,15,16,17)/t9-/m0/s1. The quantitative estimate of drug-likeness (QED) is 0.711. The number of aliphatic hydroxyl groups excluding tert-OH is 1. The lowest BCUT2D eigenvalue weighted by atomic mass is 10.1. The van der Waals surface area contributed by atoms with Crippen LogP contribution in [0.5, 0.6) is 0 Å². The zero-order valence-corrected chi connectivity index (χ0v) is 12.0. The number of nitrogens with zero attached hydrogens (tertiary/aromatic N) is 5. The molecule has 2 heterocycles. The number of aromatic nitrogens is 5. The number of nitrogens with one attached hydrogen (secondary N) is 1. The summed E-state index contributed by atoms with van der Waals surface area (Å²) in [5.74, 6) is 0.445. The Kier molecular flexibility index (Phi) is 3.68. The molecule has 0 radical (unpaired) electrons. The minimum Gasteiger partial charge on any atom is -0.394 e. The minimum absolute atomic E-state index is 0.0899. The van der Waals surface area contributed by atoms with Gasteiger partial charge >= 0.3 is 0 Å². The molecule has 1 atom stereocenters. The normalized spacial score (nSPS) is 12.5. The molecule has 0 unspecified atom stereocenters. The molecular formula is C13H13ClN6O. The van der Waals surface area contributed by atoms with Crippen LogP contribution in [0.15, 0.2) is 30.3 Å². The monoisotopic (exact) mass is 304 g/mol. The van der Waals surface area contributed by atoms with Crippen molar-refractivity contribution >= 4 is 28.6 Å². The number of aliphatic hydroxyl groups is 1. The first kappa shape index (κ1) is 13.7. The van der Waals surface area contributed by atoms with Crippen LogP contribution in [0.25, 0.3) is 11.2 Å². The van der Waals surface area contributed by atoms with Gasteiger partial charge < -0.3 is 10.4 Å². The number of fused-ring (bicyclic) bond motifs is 1. The van der Waals surface area contributed by atoms with Crippen molar-refractivity contribution in [3.8, 4) is 0 Å². The molecule has 3 rings (SSSR count). The molecule has 2 N–H and O–H groups in total. The zero-order chi connectivity index (χ0) is 14.8. The molecule has 21 heavy (non-hydrogen) atoms. The van der Waals surface area contributed by atoms with E-state index in [0.29, 0.717) is 17.0 Å². The third-order valence-corrected chi connectivity index (χ3v) is 3.29. The molecule has 1 aromatic carbocycles. The fraction of sp³-hybridized carbons (Fsp3) is 0.231. The van der Waals surface area contributed by atoms with Crippen LogP contribution in [0.4, 0.5) is 5.82 Å². The van der Waals surface area contributed by atoms with Gasteiger partial charge in [0.2, 0.25) is 5.28 Å². The van der Waals surface area contributed by atoms with Gasteiger partial charge in [-0.25, -0.2) is 4.68 Å². The number of hydrogen-bond donors (Lipinski definition) is 2. The summed E-state index contributed by atoms with van der Waals surface area (Å²) in [6.45, 7) is -0.0899. The Morgan fingerprint density at radius 3 is 2.76 bits per heavy atom. The van der Waals surface area contributed by atoms with Crippen molar-refractivity contribution in [1.82, 2.24) is 25.0 Å². The molecule has 0 spiro atoms. The lowest BCUT2D eigenvalue weighted by Crippen LogP contribution is -2.16. The van der Waals surface area contributed by atoms with E-state index < -0.39 is 0 Å². The summed E-state index contributed by atoms with van der Waals surface area (Å²) in [4.78, 5) is 8.24. The van der Waals surface area contributed by atoms with E-state index in [1.807, 2.05) is 30.3 Å². The van der Waals surface area contributed by atoms with E-state index in [1.54, 1.807) is 7.05 Å². The third-order valence-electron chi connectivity index (χ3n) is 3.12. The number of halogens is 1. The molecule has 0 aliphatic rings. The van der Waals surface area contributed by atoms with Gasteiger partial charge in [0.1, 0.15) is 0 Å². The predicted molar refractivity (Wildman–Crippen MR) is 79.0 cm³/mol. The second-order valence-electron chi connectivity index (χ2n) is 4.52. The highest BCUT2D eigenvalue weighted by Crippen LogP contribution is 2.24. The van der Waals surface area contributed by atoms with E-state index in [2.05, 4.69) is 25.6 Å². The Labute approximate surface area is 125 Å². The summed E-state index contributed by atoms with van der Waals surface area (Å²) >= 11 is 5.93. The summed E-state index contributed by atoms with van der Waals surface area (Å²) < 4.78 is 1.52. The zero-order valence-electron chi connectivity index (χ0n) is 11.2. The average Bonchev–Trinajstić information content (AvgIpc) is 2.87. The predicted octanol–water partition coefficient (Wildman–Crippen LogP) is 1.56. The van der Waals surface area contributed by atoms with Crippen molar-refractivity contribution in [2.75, 3.05) is 11.9 Å². The molecule has 8 heteroatoms. The van der Waals surface area contributed by atoms with Crippen LogP contribution in [-0.4, -0.2) is 36.7 Å². The first-order valence-electron chi connectivity index (χ1n) is 6.34. The minimum atomic E-state index is -0.317. The van der Waals surface area contributed by atoms with Crippen molar-refractivity contribution in [1.29, 1.82) is 0 Å². The summed E-state index contributed by atoms with van der Waals surface area (Å²) in [5.41, 5.74) is 1.98. The number of hydrogen-bond acceptors (Lipinski definition) is 6. The van der Waals surface area contributed by atoms with Crippen molar-refractivity contribution in [2.24, 2.45) is 7.05 Å². The highest BCUT2D eigenvalue weighted by Gasteiger charge is 2.17. The molecule has 2 aromatic heterocycles. The Morgan fingerprint density at radius 1 is 1.29 bits per heavy atom. The molecule has 0 amide bonds. The fourth-order valence-corrected chi connectivity index (χ4v) is 2.24. The highest BCUT2D eigenvalue weighted by molar-refractivity contribution is 6.28. The third kappa shape index (κ3) is 2.65. The first-order chi connectivity index (χ1) is 10.2. The van der Waals surface area contributed by atoms with Gasteiger partial charge in [-0.1, -0.05) is 35.5 Å². The largest absolute Gasteiger partial charge is 0.394 e. The SMILES string of the molecule is Cn1nnc2c(N[C@@H](CO)c3ccccc3)nc(Cl)nc21. The molecule has 0 fully saturated rings. The summed E-state index contributed by atoms with van der Waals surface area (Å²) in [7, 11) is 1.73. The fourth-order valence-electron chi connectivity index (χ4n) is 2.07. The smallest absolute Gasteiger partial charge is 0.226 e. The summed E-state index contributed by atoms with van der Waals surface area (Å²) in [6, 6.07) is 9.26. The van der Waals surface area contributed by atoms with Crippen LogP contribution in [0, 0.1) is 0 Å². The first-order valence-corrected chi connectivity index (χ1v) is 6.72. The maximum absolute atomic E-state index is 9.61. The Bertz CT molecular complexity index is 760. The average molecular weight is 305 g/mol. The van der Waals surface area contributed by atoms with Gasteiger partial charge in [-0.05, 0) is 17.2 Å². The van der Waals surface area contributed by atoms with Crippen LogP contribution >= 0.6 is 11.6 Å². The molecular weight excluding hydrogens is 292 g/mol. The molecule has 0 aliphatic heterocycles. The van der Waals surface area contributed by atoms with E-state index in [0.717, 1.165) is 5.56 Å². The molecule has 0 saturated heterocycles. The van der Waals surface area contributed by atoms with Crippen molar-refractivity contribution in [2.45, 2.75) is 6.04 Å². The van der Waals surface area contributed by atoms with E-state index in [-0.39, 0.29) is 17.9 Å². The number of benzene rings is 1. The molecule has 0 bridgehead atoms. The van der Waals surface area contributed by atoms with Crippen molar-refractivity contribution in [3.63, 3.8) is 0 Å². The van der Waals surface area contributed by atoms with Gasteiger partial charge in [0.15, 0.2) is 17.0 Å². The summed E-state index contributed by atoms with van der Waals surface area (Å²) in [6.07, 6.45) is 0. The van der Waals surface area contributed by atoms with Gasteiger partial charge in [0, 0.05) is 7.05 Å². The van der Waals surface area contributed by atoms with Crippen molar-refractivity contribution < 1.29 is 5.11 Å². The van der Waals surface area contributed by atoms with Gasteiger partial charge in [-0.15, -0.1) is 5.10 Å². The maximum atomic E-state index is 9.61. The summed E-state index contributed by atoms with van der Waals surface area (Å²) in [5, 5.41) is 20.8. The number of anilines is 1. The van der Waals surface area contributed by atoms with E-state index in [1.165, 1.54) is 4.68 Å². The van der Waals surface area contributed by atoms with Crippen molar-refractivity contribution in [3.05, 3.63) is 41.2 Å². The van der Waals surface area contributed by atoms with Crippen LogP contribution in [0.2, 0.25) is 5.28 Å². The maximum Gasteiger partial charge on any atom is 0.226 e. The Balaban J connectivity index is 2.00. The highest BCUT2D eigenvalue weighted by atomic mass is 35.5. The van der Waals surface area contributed by atoms with Gasteiger partial charge in [0.25, 0.3) is 0 Å². The second kappa shape index (κ2) is 5.63. The number of rotatable bonds is 4. The Hall–Kier alpha value is -2.25. The van der Waals surface area contributed by atoms with E-state index in [4.69, 9.17) is 11.6 Å². The van der Waals surface area contributed by atoms with Crippen LogP contribution in [0.1, 0.15) is 11.6 Å². The Morgan fingerprint density at radius 2 is 2.05 bits per heavy atom. The lowest BCUT2D eigenvalue weighted by molar-refractivity contribution is 0.276. The van der Waals surface area contributed by atoms with Crippen LogP contribution in [0.3, 0.4) is 0 Å². The molecule has 108 valence electrons.